The lowest BCUT2D eigenvalue weighted by atomic mass is 10.3. The molecule has 1 aliphatic heterocycles. The zero-order valence-electron chi connectivity index (χ0n) is 6.28. The van der Waals surface area contributed by atoms with Gasteiger partial charge in [-0.3, -0.25) is 20.2 Å². The zero-order valence-corrected chi connectivity index (χ0v) is 6.28. The number of nitrogens with one attached hydrogen (secondary N) is 2. The van der Waals surface area contributed by atoms with E-state index in [-0.39, 0.29) is 13.0 Å². The molecule has 0 amide bonds. The Balaban J connectivity index is 2.35. The van der Waals surface area contributed by atoms with Crippen molar-refractivity contribution < 1.29 is 19.8 Å². The minimum atomic E-state index is -0.963. The van der Waals surface area contributed by atoms with Gasteiger partial charge in [-0.15, -0.1) is 0 Å². The molecule has 1 unspecified atom stereocenters. The molecule has 0 bridgehead atoms. The highest BCUT2D eigenvalue weighted by Gasteiger charge is 2.29. The van der Waals surface area contributed by atoms with Gasteiger partial charge < -0.3 is 10.2 Å². The molecule has 0 saturated carbocycles. The van der Waals surface area contributed by atoms with Crippen molar-refractivity contribution in [1.29, 1.82) is 0 Å². The predicted molar refractivity (Wildman–Crippen MR) is 38.6 cm³/mol. The van der Waals surface area contributed by atoms with Crippen LogP contribution in [-0.4, -0.2) is 40.9 Å². The monoisotopic (exact) mass is 174 g/mol. The topological polar surface area (TPSA) is 98.7 Å². The number of hydrogen-bond donors (Lipinski definition) is 4. The van der Waals surface area contributed by atoms with Crippen molar-refractivity contribution in [3.05, 3.63) is 0 Å². The van der Waals surface area contributed by atoms with Gasteiger partial charge in [0.2, 0.25) is 0 Å². The number of carbonyl (C=O) groups is 2. The standard InChI is InChI=1S/C6H10N2O4/c9-5(10)1-4-7-2-3(8-4)6(11)12/h3-4,7-8H,1-2H2,(H,9,10)(H,11,12)/t3-,4?/m0/s1. The minimum Gasteiger partial charge on any atom is -0.481 e. The summed E-state index contributed by atoms with van der Waals surface area (Å²) in [6.07, 6.45) is -0.535. The number of hydrogen-bond acceptors (Lipinski definition) is 4. The van der Waals surface area contributed by atoms with Crippen LogP contribution in [0, 0.1) is 0 Å². The van der Waals surface area contributed by atoms with E-state index in [1.54, 1.807) is 0 Å². The van der Waals surface area contributed by atoms with Gasteiger partial charge in [0.15, 0.2) is 0 Å². The summed E-state index contributed by atoms with van der Waals surface area (Å²) < 4.78 is 0. The third kappa shape index (κ3) is 2.18. The average Bonchev–Trinajstić information content (AvgIpc) is 2.34. The molecular weight excluding hydrogens is 164 g/mol. The second-order valence-corrected chi connectivity index (χ2v) is 2.62. The molecule has 1 saturated heterocycles. The van der Waals surface area contributed by atoms with E-state index in [4.69, 9.17) is 10.2 Å². The van der Waals surface area contributed by atoms with Crippen molar-refractivity contribution in [3.63, 3.8) is 0 Å². The Bertz CT molecular complexity index is 206. The second-order valence-electron chi connectivity index (χ2n) is 2.62. The first-order valence-corrected chi connectivity index (χ1v) is 3.53. The summed E-state index contributed by atoms with van der Waals surface area (Å²) in [4.78, 5) is 20.6. The molecule has 0 spiro atoms. The molecule has 68 valence electrons. The molecule has 2 atom stereocenters. The molecule has 6 nitrogen and oxygen atoms in total. The van der Waals surface area contributed by atoms with Crippen LogP contribution in [0.1, 0.15) is 6.42 Å². The second kappa shape index (κ2) is 3.51. The van der Waals surface area contributed by atoms with Crippen molar-refractivity contribution in [2.24, 2.45) is 0 Å². The highest BCUT2D eigenvalue weighted by molar-refractivity contribution is 5.74. The van der Waals surface area contributed by atoms with Crippen LogP contribution in [0.15, 0.2) is 0 Å². The lowest BCUT2D eigenvalue weighted by Crippen LogP contribution is -2.38. The fraction of sp³-hybridized carbons (Fsp3) is 0.667. The largest absolute Gasteiger partial charge is 0.481 e. The molecule has 0 radical (unpaired) electrons. The van der Waals surface area contributed by atoms with Gasteiger partial charge in [-0.2, -0.15) is 0 Å². The Morgan fingerprint density at radius 2 is 2.08 bits per heavy atom. The smallest absolute Gasteiger partial charge is 0.322 e. The van der Waals surface area contributed by atoms with E-state index in [0.717, 1.165) is 0 Å². The van der Waals surface area contributed by atoms with E-state index < -0.39 is 24.1 Å². The van der Waals surface area contributed by atoms with Crippen molar-refractivity contribution in [2.75, 3.05) is 6.54 Å². The lowest BCUT2D eigenvalue weighted by molar-refractivity contribution is -0.140. The summed E-state index contributed by atoms with van der Waals surface area (Å²) in [5.74, 6) is -1.92. The maximum atomic E-state index is 10.4. The van der Waals surface area contributed by atoms with Crippen LogP contribution in [0.4, 0.5) is 0 Å². The van der Waals surface area contributed by atoms with E-state index in [1.165, 1.54) is 0 Å². The Hall–Kier alpha value is -1.14. The highest BCUT2D eigenvalue weighted by atomic mass is 16.4. The zero-order chi connectivity index (χ0) is 9.14. The van der Waals surface area contributed by atoms with Gasteiger partial charge in [0.1, 0.15) is 6.04 Å². The normalized spacial score (nSPS) is 28.7. The Morgan fingerprint density at radius 3 is 2.50 bits per heavy atom. The van der Waals surface area contributed by atoms with Crippen molar-refractivity contribution >= 4 is 11.9 Å². The van der Waals surface area contributed by atoms with E-state index >= 15 is 0 Å². The molecule has 1 rings (SSSR count). The maximum absolute atomic E-state index is 10.4. The minimum absolute atomic E-state index is 0.107. The van der Waals surface area contributed by atoms with Gasteiger partial charge in [0.05, 0.1) is 12.6 Å². The predicted octanol–water partition coefficient (Wildman–Crippen LogP) is -1.57. The molecule has 0 aliphatic carbocycles. The summed E-state index contributed by atoms with van der Waals surface area (Å²) in [6, 6.07) is -0.672. The molecule has 0 aromatic heterocycles. The maximum Gasteiger partial charge on any atom is 0.322 e. The van der Waals surface area contributed by atoms with Crippen LogP contribution in [0.5, 0.6) is 0 Å². The van der Waals surface area contributed by atoms with Crippen LogP contribution in [0.2, 0.25) is 0 Å². The molecule has 12 heavy (non-hydrogen) atoms. The van der Waals surface area contributed by atoms with Crippen LogP contribution in [0.25, 0.3) is 0 Å². The summed E-state index contributed by atoms with van der Waals surface area (Å²) in [7, 11) is 0. The molecule has 0 aromatic rings. The third-order valence-electron chi connectivity index (χ3n) is 1.65. The Labute approximate surface area is 68.6 Å². The molecule has 1 aliphatic rings. The Kier molecular flexibility index (Phi) is 2.61. The van der Waals surface area contributed by atoms with Crippen molar-refractivity contribution in [2.45, 2.75) is 18.6 Å². The molecule has 1 heterocycles. The molecule has 1 fully saturated rings. The van der Waals surface area contributed by atoms with Crippen LogP contribution < -0.4 is 10.6 Å². The van der Waals surface area contributed by atoms with E-state index in [9.17, 15) is 9.59 Å². The summed E-state index contributed by atoms with van der Waals surface area (Å²) in [6.45, 7) is 0.271. The first-order valence-electron chi connectivity index (χ1n) is 3.53. The van der Waals surface area contributed by atoms with E-state index in [0.29, 0.717) is 0 Å². The van der Waals surface area contributed by atoms with Crippen LogP contribution in [-0.2, 0) is 9.59 Å². The van der Waals surface area contributed by atoms with Gasteiger partial charge in [-0.1, -0.05) is 0 Å². The average molecular weight is 174 g/mol. The van der Waals surface area contributed by atoms with Gasteiger partial charge >= 0.3 is 11.9 Å². The SMILES string of the molecule is O=C(O)CC1NC[C@@H](C(=O)O)N1. The number of rotatable bonds is 3. The quantitative estimate of drug-likeness (QED) is 0.412. The summed E-state index contributed by atoms with van der Waals surface area (Å²) in [5, 5.41) is 22.3. The number of aliphatic carboxylic acids is 2. The first-order chi connectivity index (χ1) is 5.59. The van der Waals surface area contributed by atoms with Crippen LogP contribution >= 0.6 is 0 Å². The van der Waals surface area contributed by atoms with Crippen molar-refractivity contribution in [1.82, 2.24) is 10.6 Å². The first kappa shape index (κ1) is 8.95. The van der Waals surface area contributed by atoms with Crippen LogP contribution in [0.3, 0.4) is 0 Å². The van der Waals surface area contributed by atoms with Gasteiger partial charge in [-0.25, -0.2) is 0 Å². The Morgan fingerprint density at radius 1 is 1.42 bits per heavy atom. The molecule has 6 heteroatoms. The lowest BCUT2D eigenvalue weighted by Gasteiger charge is -2.07. The molecular formula is C6H10N2O4. The van der Waals surface area contributed by atoms with E-state index in [2.05, 4.69) is 10.6 Å². The van der Waals surface area contributed by atoms with Gasteiger partial charge in [-0.05, 0) is 0 Å². The number of carboxylic acid groups (broad SMARTS) is 2. The summed E-state index contributed by atoms with van der Waals surface area (Å²) >= 11 is 0. The fourth-order valence-electron chi connectivity index (χ4n) is 1.09. The summed E-state index contributed by atoms with van der Waals surface area (Å²) in [5.41, 5.74) is 0. The molecule has 0 aromatic carbocycles. The van der Waals surface area contributed by atoms with Gasteiger partial charge in [0.25, 0.3) is 0 Å². The third-order valence-corrected chi connectivity index (χ3v) is 1.65. The number of carboxylic acids is 2. The van der Waals surface area contributed by atoms with Gasteiger partial charge in [0, 0.05) is 6.54 Å². The fourth-order valence-corrected chi connectivity index (χ4v) is 1.09. The molecule has 4 N–H and O–H groups in total. The van der Waals surface area contributed by atoms with E-state index in [1.807, 2.05) is 0 Å². The highest BCUT2D eigenvalue weighted by Crippen LogP contribution is 1.99. The van der Waals surface area contributed by atoms with Crippen molar-refractivity contribution in [3.8, 4) is 0 Å².